The Labute approximate surface area is 193 Å². The molecule has 0 saturated carbocycles. The Morgan fingerprint density at radius 1 is 0.818 bits per heavy atom. The molecule has 0 unspecified atom stereocenters. The van der Waals surface area contributed by atoms with Crippen LogP contribution in [0, 0.1) is 13.8 Å². The molecule has 0 radical (unpaired) electrons. The lowest BCUT2D eigenvalue weighted by molar-refractivity contribution is -0.114. The standard InChI is InChI=1S/C24H25N3O5S/c1-15-5-9-19(10-6-15)27-33(30,31)23-14-18(8-12-22(23)32-4)24(29)26-21-13-16(2)7-11-20(21)25-17(3)28/h5-14,27H,1-4H3,(H,25,28)(H,26,29). The summed E-state index contributed by atoms with van der Waals surface area (Å²) in [6, 6.07) is 16.2. The third-order valence-corrected chi connectivity index (χ3v) is 6.16. The van der Waals surface area contributed by atoms with Crippen LogP contribution < -0.4 is 20.1 Å². The maximum atomic E-state index is 13.0. The van der Waals surface area contributed by atoms with Crippen molar-refractivity contribution in [2.45, 2.75) is 25.7 Å². The molecule has 0 aromatic heterocycles. The number of carbonyl (C=O) groups excluding carboxylic acids is 2. The molecule has 33 heavy (non-hydrogen) atoms. The first-order chi connectivity index (χ1) is 15.6. The highest BCUT2D eigenvalue weighted by Crippen LogP contribution is 2.29. The van der Waals surface area contributed by atoms with Gasteiger partial charge in [-0.05, 0) is 61.9 Å². The molecule has 0 fully saturated rings. The van der Waals surface area contributed by atoms with Gasteiger partial charge in [-0.3, -0.25) is 14.3 Å². The minimum Gasteiger partial charge on any atom is -0.495 e. The Kier molecular flexibility index (Phi) is 7.03. The molecule has 0 aliphatic heterocycles. The maximum Gasteiger partial charge on any atom is 0.265 e. The summed E-state index contributed by atoms with van der Waals surface area (Å²) in [6.45, 7) is 5.12. The molecule has 0 heterocycles. The molecule has 0 spiro atoms. The molecule has 3 aromatic carbocycles. The zero-order valence-electron chi connectivity index (χ0n) is 18.7. The first-order valence-electron chi connectivity index (χ1n) is 10.1. The van der Waals surface area contributed by atoms with Crippen LogP contribution in [0.2, 0.25) is 0 Å². The summed E-state index contributed by atoms with van der Waals surface area (Å²) in [6.07, 6.45) is 0. The van der Waals surface area contributed by atoms with Crippen LogP contribution >= 0.6 is 0 Å². The van der Waals surface area contributed by atoms with Crippen molar-refractivity contribution in [2.75, 3.05) is 22.5 Å². The zero-order chi connectivity index (χ0) is 24.2. The lowest BCUT2D eigenvalue weighted by Gasteiger charge is -2.15. The van der Waals surface area contributed by atoms with Crippen LogP contribution in [-0.2, 0) is 14.8 Å². The predicted octanol–water partition coefficient (Wildman–Crippen LogP) is 4.32. The third kappa shape index (κ3) is 5.89. The zero-order valence-corrected chi connectivity index (χ0v) is 19.5. The number of hydrogen-bond acceptors (Lipinski definition) is 5. The van der Waals surface area contributed by atoms with E-state index in [-0.39, 0.29) is 22.1 Å². The largest absolute Gasteiger partial charge is 0.495 e. The lowest BCUT2D eigenvalue weighted by atomic mass is 10.1. The van der Waals surface area contributed by atoms with Gasteiger partial charge in [0.05, 0.1) is 18.5 Å². The molecule has 2 amide bonds. The number of sulfonamides is 1. The van der Waals surface area contributed by atoms with E-state index >= 15 is 0 Å². The van der Waals surface area contributed by atoms with Gasteiger partial charge < -0.3 is 15.4 Å². The minimum atomic E-state index is -4.04. The van der Waals surface area contributed by atoms with Gasteiger partial charge in [-0.2, -0.15) is 0 Å². The fraction of sp³-hybridized carbons (Fsp3) is 0.167. The van der Waals surface area contributed by atoms with Crippen molar-refractivity contribution in [1.29, 1.82) is 0 Å². The Morgan fingerprint density at radius 3 is 2.12 bits per heavy atom. The van der Waals surface area contributed by atoms with Gasteiger partial charge in [0.1, 0.15) is 10.6 Å². The van der Waals surface area contributed by atoms with Gasteiger partial charge in [-0.15, -0.1) is 0 Å². The Morgan fingerprint density at radius 2 is 1.48 bits per heavy atom. The number of hydrogen-bond donors (Lipinski definition) is 3. The van der Waals surface area contributed by atoms with E-state index in [1.807, 2.05) is 13.8 Å². The number of ether oxygens (including phenoxy) is 1. The van der Waals surface area contributed by atoms with Gasteiger partial charge in [0.2, 0.25) is 5.91 Å². The molecule has 0 aliphatic carbocycles. The van der Waals surface area contributed by atoms with Gasteiger partial charge in [0.25, 0.3) is 15.9 Å². The van der Waals surface area contributed by atoms with E-state index in [0.717, 1.165) is 11.1 Å². The van der Waals surface area contributed by atoms with Gasteiger partial charge in [0, 0.05) is 18.2 Å². The van der Waals surface area contributed by atoms with Gasteiger partial charge in [-0.25, -0.2) is 8.42 Å². The molecule has 3 rings (SSSR count). The molecular weight excluding hydrogens is 442 g/mol. The molecule has 0 aliphatic rings. The molecule has 0 saturated heterocycles. The number of methoxy groups -OCH3 is 1. The number of benzene rings is 3. The van der Waals surface area contributed by atoms with E-state index in [1.165, 1.54) is 32.2 Å². The van der Waals surface area contributed by atoms with Crippen molar-refractivity contribution in [3.63, 3.8) is 0 Å². The second kappa shape index (κ2) is 9.74. The maximum absolute atomic E-state index is 13.0. The van der Waals surface area contributed by atoms with Crippen molar-refractivity contribution in [1.82, 2.24) is 0 Å². The van der Waals surface area contributed by atoms with E-state index in [1.54, 1.807) is 42.5 Å². The summed E-state index contributed by atoms with van der Waals surface area (Å²) in [5, 5.41) is 5.40. The number of aryl methyl sites for hydroxylation is 2. The number of anilines is 3. The minimum absolute atomic E-state index is 0.0978. The second-order valence-corrected chi connectivity index (χ2v) is 9.17. The van der Waals surface area contributed by atoms with Crippen molar-refractivity contribution in [3.8, 4) is 5.75 Å². The van der Waals surface area contributed by atoms with Crippen LogP contribution in [0.5, 0.6) is 5.75 Å². The molecule has 0 bridgehead atoms. The first kappa shape index (κ1) is 23.8. The van der Waals surface area contributed by atoms with Crippen molar-refractivity contribution >= 4 is 38.9 Å². The molecule has 172 valence electrons. The monoisotopic (exact) mass is 467 g/mol. The predicted molar refractivity (Wildman–Crippen MR) is 128 cm³/mol. The molecule has 3 N–H and O–H groups in total. The fourth-order valence-electron chi connectivity index (χ4n) is 3.11. The van der Waals surface area contributed by atoms with Gasteiger partial charge in [-0.1, -0.05) is 23.8 Å². The highest BCUT2D eigenvalue weighted by atomic mass is 32.2. The van der Waals surface area contributed by atoms with E-state index in [0.29, 0.717) is 17.1 Å². The first-order valence-corrected chi connectivity index (χ1v) is 11.5. The van der Waals surface area contributed by atoms with Crippen LogP contribution in [0.3, 0.4) is 0 Å². The SMILES string of the molecule is COc1ccc(C(=O)Nc2cc(C)ccc2NC(C)=O)cc1S(=O)(=O)Nc1ccc(C)cc1. The summed E-state index contributed by atoms with van der Waals surface area (Å²) in [5.41, 5.74) is 3.19. The van der Waals surface area contributed by atoms with Gasteiger partial charge in [0.15, 0.2) is 0 Å². The quantitative estimate of drug-likeness (QED) is 0.479. The van der Waals surface area contributed by atoms with Crippen LogP contribution in [-0.4, -0.2) is 27.3 Å². The van der Waals surface area contributed by atoms with E-state index < -0.39 is 15.9 Å². The Hall–Kier alpha value is -3.85. The summed E-state index contributed by atoms with van der Waals surface area (Å²) >= 11 is 0. The fourth-order valence-corrected chi connectivity index (χ4v) is 4.37. The summed E-state index contributed by atoms with van der Waals surface area (Å²) in [5.74, 6) is -0.725. The number of amides is 2. The normalized spacial score (nSPS) is 10.9. The summed E-state index contributed by atoms with van der Waals surface area (Å²) < 4.78 is 33.8. The second-order valence-electron chi connectivity index (χ2n) is 7.52. The third-order valence-electron chi connectivity index (χ3n) is 4.75. The topological polar surface area (TPSA) is 114 Å². The van der Waals surface area contributed by atoms with Crippen molar-refractivity contribution in [3.05, 3.63) is 77.4 Å². The van der Waals surface area contributed by atoms with E-state index in [9.17, 15) is 18.0 Å². The van der Waals surface area contributed by atoms with Crippen LogP contribution in [0.4, 0.5) is 17.1 Å². The van der Waals surface area contributed by atoms with Crippen molar-refractivity contribution in [2.24, 2.45) is 0 Å². The summed E-state index contributed by atoms with van der Waals surface area (Å²) in [4.78, 5) is 24.3. The molecular formula is C24H25N3O5S. The molecule has 0 atom stereocenters. The average molecular weight is 468 g/mol. The summed E-state index contributed by atoms with van der Waals surface area (Å²) in [7, 11) is -2.69. The Balaban J connectivity index is 1.93. The van der Waals surface area contributed by atoms with Crippen molar-refractivity contribution < 1.29 is 22.7 Å². The number of carbonyl (C=O) groups is 2. The highest BCUT2D eigenvalue weighted by molar-refractivity contribution is 7.92. The number of rotatable bonds is 7. The average Bonchev–Trinajstić information content (AvgIpc) is 2.76. The molecule has 3 aromatic rings. The Bertz CT molecular complexity index is 1300. The van der Waals surface area contributed by atoms with Crippen LogP contribution in [0.25, 0.3) is 0 Å². The smallest absolute Gasteiger partial charge is 0.265 e. The lowest BCUT2D eigenvalue weighted by Crippen LogP contribution is -2.18. The van der Waals surface area contributed by atoms with Gasteiger partial charge >= 0.3 is 0 Å². The van der Waals surface area contributed by atoms with Crippen LogP contribution in [0.15, 0.2) is 65.6 Å². The number of nitrogens with one attached hydrogen (secondary N) is 3. The van der Waals surface area contributed by atoms with Crippen LogP contribution in [0.1, 0.15) is 28.4 Å². The molecule has 8 nitrogen and oxygen atoms in total. The van der Waals surface area contributed by atoms with E-state index in [2.05, 4.69) is 15.4 Å². The molecule has 9 heteroatoms. The van der Waals surface area contributed by atoms with E-state index in [4.69, 9.17) is 4.74 Å². The highest BCUT2D eigenvalue weighted by Gasteiger charge is 2.22.